The molecule has 0 aromatic rings. The zero-order chi connectivity index (χ0) is 11.9. The Morgan fingerprint density at radius 1 is 1.24 bits per heavy atom. The summed E-state index contributed by atoms with van der Waals surface area (Å²) in [4.78, 5) is 2.42. The average molecular weight is 243 g/mol. The van der Waals surface area contributed by atoms with Gasteiger partial charge in [-0.15, -0.1) is 0 Å². The van der Waals surface area contributed by atoms with E-state index in [2.05, 4.69) is 4.90 Å². The number of aliphatic hydroxyl groups excluding tert-OH is 1. The van der Waals surface area contributed by atoms with E-state index in [1.54, 1.807) is 0 Å². The minimum absolute atomic E-state index is 0.301. The van der Waals surface area contributed by atoms with Crippen molar-refractivity contribution in [3.05, 3.63) is 0 Å². The first kappa shape index (κ1) is 13.3. The first-order valence-electron chi connectivity index (χ1n) is 6.95. The first-order valence-corrected chi connectivity index (χ1v) is 6.95. The van der Waals surface area contributed by atoms with E-state index < -0.39 is 0 Å². The van der Waals surface area contributed by atoms with Crippen molar-refractivity contribution in [2.75, 3.05) is 39.5 Å². The molecule has 2 aliphatic rings. The van der Waals surface area contributed by atoms with E-state index in [1.807, 2.05) is 0 Å². The predicted octanol–water partition coefficient (Wildman–Crippen LogP) is 1.03. The molecule has 0 bridgehead atoms. The van der Waals surface area contributed by atoms with E-state index in [0.717, 1.165) is 58.5 Å². The Morgan fingerprint density at radius 3 is 2.71 bits per heavy atom. The molecule has 2 saturated heterocycles. The van der Waals surface area contributed by atoms with Gasteiger partial charge in [-0.1, -0.05) is 0 Å². The molecule has 0 radical (unpaired) electrons. The molecular formula is C13H25NO3. The van der Waals surface area contributed by atoms with E-state index in [0.29, 0.717) is 18.8 Å². The molecule has 2 heterocycles. The lowest BCUT2D eigenvalue weighted by Gasteiger charge is -2.32. The highest BCUT2D eigenvalue weighted by atomic mass is 16.5. The Hall–Kier alpha value is -0.160. The molecule has 100 valence electrons. The van der Waals surface area contributed by atoms with Crippen molar-refractivity contribution < 1.29 is 14.6 Å². The summed E-state index contributed by atoms with van der Waals surface area (Å²) >= 11 is 0. The van der Waals surface area contributed by atoms with Crippen LogP contribution in [0.5, 0.6) is 0 Å². The highest BCUT2D eigenvalue weighted by Crippen LogP contribution is 2.17. The van der Waals surface area contributed by atoms with Crippen LogP contribution in [-0.2, 0) is 9.47 Å². The van der Waals surface area contributed by atoms with Gasteiger partial charge in [0.1, 0.15) is 0 Å². The summed E-state index contributed by atoms with van der Waals surface area (Å²) in [6.45, 7) is 5.23. The number of rotatable bonds is 6. The summed E-state index contributed by atoms with van der Waals surface area (Å²) in [6.07, 6.45) is 6.26. The first-order chi connectivity index (χ1) is 8.38. The number of nitrogens with zero attached hydrogens (tertiary/aromatic N) is 1. The van der Waals surface area contributed by atoms with Crippen molar-refractivity contribution in [3.63, 3.8) is 0 Å². The van der Waals surface area contributed by atoms with Crippen molar-refractivity contribution in [2.45, 2.75) is 44.3 Å². The largest absolute Gasteiger partial charge is 0.396 e. The third kappa shape index (κ3) is 4.54. The fourth-order valence-electron chi connectivity index (χ4n) is 2.61. The monoisotopic (exact) mass is 243 g/mol. The summed E-state index contributed by atoms with van der Waals surface area (Å²) in [6, 6.07) is 0. The maximum Gasteiger partial charge on any atom is 0.0809 e. The van der Waals surface area contributed by atoms with Crippen molar-refractivity contribution in [1.29, 1.82) is 0 Å². The Kier molecular flexibility index (Phi) is 5.71. The maximum atomic E-state index is 8.79. The highest BCUT2D eigenvalue weighted by Gasteiger charge is 2.22. The molecule has 2 aliphatic heterocycles. The number of likely N-dealkylation sites (tertiary alicyclic amines) is 1. The lowest BCUT2D eigenvalue weighted by Crippen LogP contribution is -2.38. The number of aliphatic hydroxyl groups is 1. The Labute approximate surface area is 104 Å². The normalized spacial score (nSPS) is 27.7. The van der Waals surface area contributed by atoms with Crippen LogP contribution in [-0.4, -0.2) is 61.7 Å². The van der Waals surface area contributed by atoms with Gasteiger partial charge in [0.05, 0.1) is 18.8 Å². The molecule has 1 unspecified atom stereocenters. The van der Waals surface area contributed by atoms with Crippen LogP contribution in [0, 0.1) is 0 Å². The van der Waals surface area contributed by atoms with Gasteiger partial charge in [0.25, 0.3) is 0 Å². The molecule has 2 rings (SSSR count). The minimum Gasteiger partial charge on any atom is -0.396 e. The summed E-state index contributed by atoms with van der Waals surface area (Å²) in [7, 11) is 0. The van der Waals surface area contributed by atoms with Gasteiger partial charge < -0.3 is 19.5 Å². The van der Waals surface area contributed by atoms with Crippen molar-refractivity contribution in [1.82, 2.24) is 4.90 Å². The van der Waals surface area contributed by atoms with Gasteiger partial charge in [-0.3, -0.25) is 0 Å². The SMILES string of the molecule is OCCCN1CCC(OCC2CCCO2)CC1. The molecule has 0 aromatic carbocycles. The van der Waals surface area contributed by atoms with Crippen LogP contribution in [0.4, 0.5) is 0 Å². The van der Waals surface area contributed by atoms with Gasteiger partial charge in [-0.2, -0.15) is 0 Å². The molecule has 0 saturated carbocycles. The summed E-state index contributed by atoms with van der Waals surface area (Å²) < 4.78 is 11.5. The fraction of sp³-hybridized carbons (Fsp3) is 1.00. The van der Waals surface area contributed by atoms with Gasteiger partial charge in [0.2, 0.25) is 0 Å². The quantitative estimate of drug-likeness (QED) is 0.756. The minimum atomic E-state index is 0.301. The standard InChI is InChI=1S/C13H25NO3/c15-9-2-6-14-7-4-12(5-8-14)17-11-13-3-1-10-16-13/h12-13,15H,1-11H2. The highest BCUT2D eigenvalue weighted by molar-refractivity contribution is 4.73. The molecular weight excluding hydrogens is 218 g/mol. The van der Waals surface area contributed by atoms with Crippen LogP contribution in [0.1, 0.15) is 32.1 Å². The van der Waals surface area contributed by atoms with E-state index in [9.17, 15) is 0 Å². The number of hydrogen-bond donors (Lipinski definition) is 1. The third-order valence-electron chi connectivity index (χ3n) is 3.71. The molecule has 4 heteroatoms. The number of piperidine rings is 1. The van der Waals surface area contributed by atoms with Crippen LogP contribution in [0.2, 0.25) is 0 Å². The summed E-state index contributed by atoms with van der Waals surface area (Å²) in [5.41, 5.74) is 0. The van der Waals surface area contributed by atoms with E-state index in [-0.39, 0.29) is 0 Å². The summed E-state index contributed by atoms with van der Waals surface area (Å²) in [5.74, 6) is 0. The van der Waals surface area contributed by atoms with Crippen molar-refractivity contribution in [3.8, 4) is 0 Å². The van der Waals surface area contributed by atoms with Crippen LogP contribution in [0.15, 0.2) is 0 Å². The lowest BCUT2D eigenvalue weighted by atomic mass is 10.1. The average Bonchev–Trinajstić information content (AvgIpc) is 2.88. The van der Waals surface area contributed by atoms with Crippen LogP contribution < -0.4 is 0 Å². The Bertz CT molecular complexity index is 199. The van der Waals surface area contributed by atoms with Crippen molar-refractivity contribution >= 4 is 0 Å². The molecule has 1 atom stereocenters. The van der Waals surface area contributed by atoms with E-state index >= 15 is 0 Å². The maximum absolute atomic E-state index is 8.79. The van der Waals surface area contributed by atoms with E-state index in [4.69, 9.17) is 14.6 Å². The van der Waals surface area contributed by atoms with Gasteiger partial charge in [0.15, 0.2) is 0 Å². The molecule has 2 fully saturated rings. The number of hydrogen-bond acceptors (Lipinski definition) is 4. The third-order valence-corrected chi connectivity index (χ3v) is 3.71. The van der Waals surface area contributed by atoms with Gasteiger partial charge >= 0.3 is 0 Å². The van der Waals surface area contributed by atoms with E-state index in [1.165, 1.54) is 6.42 Å². The lowest BCUT2D eigenvalue weighted by molar-refractivity contribution is -0.0421. The molecule has 1 N–H and O–H groups in total. The molecule has 0 aromatic heterocycles. The molecule has 4 nitrogen and oxygen atoms in total. The van der Waals surface area contributed by atoms with Crippen LogP contribution in [0.25, 0.3) is 0 Å². The summed E-state index contributed by atoms with van der Waals surface area (Å²) in [5, 5.41) is 8.79. The van der Waals surface area contributed by atoms with Gasteiger partial charge in [0, 0.05) is 32.8 Å². The van der Waals surface area contributed by atoms with Gasteiger partial charge in [-0.25, -0.2) is 0 Å². The fourth-order valence-corrected chi connectivity index (χ4v) is 2.61. The number of ether oxygens (including phenoxy) is 2. The van der Waals surface area contributed by atoms with Crippen LogP contribution >= 0.6 is 0 Å². The second-order valence-electron chi connectivity index (χ2n) is 5.09. The van der Waals surface area contributed by atoms with Gasteiger partial charge in [-0.05, 0) is 32.1 Å². The van der Waals surface area contributed by atoms with Crippen molar-refractivity contribution in [2.24, 2.45) is 0 Å². The Morgan fingerprint density at radius 2 is 2.06 bits per heavy atom. The topological polar surface area (TPSA) is 41.9 Å². The zero-order valence-electron chi connectivity index (χ0n) is 10.6. The Balaban J connectivity index is 1.55. The molecule has 17 heavy (non-hydrogen) atoms. The zero-order valence-corrected chi connectivity index (χ0v) is 10.6. The van der Waals surface area contributed by atoms with Crippen LogP contribution in [0.3, 0.4) is 0 Å². The molecule has 0 aliphatic carbocycles. The second-order valence-corrected chi connectivity index (χ2v) is 5.09. The second kappa shape index (κ2) is 7.31. The smallest absolute Gasteiger partial charge is 0.0809 e. The molecule has 0 spiro atoms. The molecule has 0 amide bonds. The predicted molar refractivity (Wildman–Crippen MR) is 66.1 cm³/mol.